The summed E-state index contributed by atoms with van der Waals surface area (Å²) in [5, 5.41) is 11.8. The quantitative estimate of drug-likeness (QED) is 0.448. The molecule has 3 aromatic rings. The van der Waals surface area contributed by atoms with Gasteiger partial charge in [0, 0.05) is 11.8 Å². The maximum absolute atomic E-state index is 12.7. The number of aromatic nitrogens is 2. The van der Waals surface area contributed by atoms with Crippen LogP contribution < -0.4 is 11.2 Å². The normalized spacial score (nSPS) is 33.8. The first-order valence-corrected chi connectivity index (χ1v) is 13.1. The summed E-state index contributed by atoms with van der Waals surface area (Å²) in [6.45, 7) is 1.78. The van der Waals surface area contributed by atoms with Crippen LogP contribution in [0.1, 0.15) is 22.9 Å². The average Bonchev–Trinajstić information content (AvgIpc) is 3.51. The van der Waals surface area contributed by atoms with Crippen molar-refractivity contribution >= 4 is 11.4 Å². The molecule has 0 amide bonds. The fourth-order valence-corrected chi connectivity index (χ4v) is 6.26. The molecule has 38 heavy (non-hydrogen) atoms. The van der Waals surface area contributed by atoms with Crippen molar-refractivity contribution in [2.75, 3.05) is 0 Å². The number of hydrogen-bond donors (Lipinski definition) is 2. The van der Waals surface area contributed by atoms with Crippen LogP contribution in [0.3, 0.4) is 0 Å². The van der Waals surface area contributed by atoms with E-state index in [1.807, 2.05) is 60.7 Å². The van der Waals surface area contributed by atoms with Crippen LogP contribution in [-0.4, -0.2) is 55.0 Å². The van der Waals surface area contributed by atoms with E-state index in [-0.39, 0.29) is 18.8 Å². The van der Waals surface area contributed by atoms with Gasteiger partial charge in [0.2, 0.25) is 0 Å². The zero-order chi connectivity index (χ0) is 26.4. The van der Waals surface area contributed by atoms with Gasteiger partial charge in [-0.3, -0.25) is 22.7 Å². The van der Waals surface area contributed by atoms with Crippen LogP contribution in [0.2, 0.25) is 0 Å². The third kappa shape index (κ3) is 4.18. The van der Waals surface area contributed by atoms with E-state index in [1.54, 1.807) is 0 Å². The molecular formula is C26H26N2O9S. The van der Waals surface area contributed by atoms with Crippen molar-refractivity contribution < 1.29 is 31.9 Å². The highest BCUT2D eigenvalue weighted by molar-refractivity contribution is 7.75. The monoisotopic (exact) mass is 542 g/mol. The van der Waals surface area contributed by atoms with Crippen molar-refractivity contribution in [1.29, 1.82) is 0 Å². The predicted molar refractivity (Wildman–Crippen MR) is 133 cm³/mol. The van der Waals surface area contributed by atoms with Crippen molar-refractivity contribution in [3.05, 3.63) is 104 Å². The van der Waals surface area contributed by atoms with E-state index in [4.69, 9.17) is 22.6 Å². The smallest absolute Gasteiger partial charge is 0.330 e. The van der Waals surface area contributed by atoms with Crippen molar-refractivity contribution in [2.24, 2.45) is 0 Å². The summed E-state index contributed by atoms with van der Waals surface area (Å²) in [6, 6.07) is 18.7. The zero-order valence-corrected chi connectivity index (χ0v) is 21.1. The fraction of sp³-hybridized carbons (Fsp3) is 0.385. The molecule has 2 aromatic carbocycles. The van der Waals surface area contributed by atoms with Gasteiger partial charge in [-0.1, -0.05) is 60.7 Å². The van der Waals surface area contributed by atoms with E-state index in [0.29, 0.717) is 0 Å². The second kappa shape index (κ2) is 9.97. The van der Waals surface area contributed by atoms with E-state index >= 15 is 0 Å². The van der Waals surface area contributed by atoms with Crippen LogP contribution in [-0.2, 0) is 47.2 Å². The Hall–Kier alpha value is -2.97. The summed E-state index contributed by atoms with van der Waals surface area (Å²) in [5.41, 5.74) is -0.947. The molecule has 3 aliphatic rings. The number of aliphatic hydroxyl groups is 1. The summed E-state index contributed by atoms with van der Waals surface area (Å²) >= 11 is -2.11. The van der Waals surface area contributed by atoms with Gasteiger partial charge in [0.1, 0.15) is 30.5 Å². The van der Waals surface area contributed by atoms with Crippen LogP contribution >= 0.6 is 0 Å². The van der Waals surface area contributed by atoms with Crippen LogP contribution in [0.15, 0.2) is 76.4 Å². The van der Waals surface area contributed by atoms with Gasteiger partial charge in [-0.25, -0.2) is 4.79 Å². The minimum Gasteiger partial charge on any atom is -0.385 e. The molecular weight excluding hydrogens is 516 g/mol. The maximum Gasteiger partial charge on any atom is 0.330 e. The minimum absolute atomic E-state index is 0.0641. The molecule has 3 heterocycles. The standard InChI is InChI=1S/C26H26N2O9S/c1-15-12-28(25(31)27-23(15)30)24-20(29)26(34-14-17-10-6-3-7-11-17)21(35-24)18(19-22(26)37-38(32)36-19)33-13-16-8-4-2-5-9-16/h2-12,18-22,24,29H,13-14H2,1H3,(H,27,30,31)/t18-,19-,20-,21-,22-,24-,26+,38?/m1/s1. The minimum atomic E-state index is -2.11. The zero-order valence-electron chi connectivity index (χ0n) is 20.3. The van der Waals surface area contributed by atoms with Gasteiger partial charge < -0.3 is 19.3 Å². The van der Waals surface area contributed by atoms with E-state index in [0.717, 1.165) is 15.7 Å². The lowest BCUT2D eigenvalue weighted by molar-refractivity contribution is -0.169. The lowest BCUT2D eigenvalue weighted by Gasteiger charge is -2.35. The topological polar surface area (TPSA) is 138 Å². The molecule has 0 spiro atoms. The van der Waals surface area contributed by atoms with Gasteiger partial charge >= 0.3 is 17.1 Å². The Balaban J connectivity index is 1.40. The van der Waals surface area contributed by atoms with Crippen molar-refractivity contribution in [3.63, 3.8) is 0 Å². The van der Waals surface area contributed by atoms with Crippen molar-refractivity contribution in [3.8, 4) is 0 Å². The molecule has 2 saturated heterocycles. The maximum atomic E-state index is 12.7. The molecule has 1 saturated carbocycles. The number of nitrogens with zero attached hydrogens (tertiary/aromatic N) is 1. The van der Waals surface area contributed by atoms with Gasteiger partial charge in [0.25, 0.3) is 5.56 Å². The Morgan fingerprint density at radius 3 is 2.34 bits per heavy atom. The summed E-state index contributed by atoms with van der Waals surface area (Å²) in [6.07, 6.45) is -5.14. The Morgan fingerprint density at radius 2 is 1.66 bits per heavy atom. The van der Waals surface area contributed by atoms with Crippen molar-refractivity contribution in [2.45, 2.75) is 62.5 Å². The Labute approximate surface area is 219 Å². The number of aromatic amines is 1. The molecule has 1 aliphatic carbocycles. The third-order valence-electron chi connectivity index (χ3n) is 7.24. The SMILES string of the molecule is Cc1cn([C@@H]2O[C@@H]3[C@H](OCc4ccccc4)[C@H]4OS(=O)O[C@H]4[C@]3(OCc3ccccc3)[C@@H]2O)c(=O)[nH]c1=O. The first-order valence-electron chi connectivity index (χ1n) is 12.1. The molecule has 3 fully saturated rings. The number of benzene rings is 2. The molecule has 11 nitrogen and oxygen atoms in total. The molecule has 1 aromatic heterocycles. The number of aliphatic hydroxyl groups excluding tert-OH is 1. The average molecular weight is 543 g/mol. The Morgan fingerprint density at radius 1 is 1.00 bits per heavy atom. The summed E-state index contributed by atoms with van der Waals surface area (Å²) in [7, 11) is 0. The third-order valence-corrected chi connectivity index (χ3v) is 7.98. The second-order valence-electron chi connectivity index (χ2n) is 9.54. The highest BCUT2D eigenvalue weighted by atomic mass is 32.2. The van der Waals surface area contributed by atoms with Gasteiger partial charge in [0.05, 0.1) is 13.2 Å². The van der Waals surface area contributed by atoms with E-state index < -0.39 is 65.0 Å². The first-order chi connectivity index (χ1) is 18.4. The molecule has 0 radical (unpaired) electrons. The number of nitrogens with one attached hydrogen (secondary N) is 1. The van der Waals surface area contributed by atoms with E-state index in [9.17, 15) is 18.9 Å². The van der Waals surface area contributed by atoms with Crippen LogP contribution in [0.4, 0.5) is 0 Å². The predicted octanol–water partition coefficient (Wildman–Crippen LogP) is 1.02. The van der Waals surface area contributed by atoms with Crippen LogP contribution in [0.5, 0.6) is 0 Å². The molecule has 1 unspecified atom stereocenters. The molecule has 200 valence electrons. The number of fused-ring (bicyclic) bond motifs is 3. The molecule has 8 atom stereocenters. The summed E-state index contributed by atoms with van der Waals surface area (Å²) in [4.78, 5) is 27.0. The number of aryl methyl sites for hydroxylation is 1. The highest BCUT2D eigenvalue weighted by Crippen LogP contribution is 2.54. The highest BCUT2D eigenvalue weighted by Gasteiger charge is 2.76. The van der Waals surface area contributed by atoms with Gasteiger partial charge in [-0.05, 0) is 18.1 Å². The second-order valence-corrected chi connectivity index (χ2v) is 10.3. The molecule has 12 heteroatoms. The lowest BCUT2D eigenvalue weighted by Crippen LogP contribution is -2.56. The molecule has 2 N–H and O–H groups in total. The number of H-pyrrole nitrogens is 1. The van der Waals surface area contributed by atoms with Gasteiger partial charge in [-0.2, -0.15) is 4.21 Å². The molecule has 6 rings (SSSR count). The number of rotatable bonds is 7. The summed E-state index contributed by atoms with van der Waals surface area (Å²) in [5.74, 6) is 0. The lowest BCUT2D eigenvalue weighted by atomic mass is 9.91. The number of ether oxygens (including phenoxy) is 3. The first kappa shape index (κ1) is 25.3. The van der Waals surface area contributed by atoms with Crippen LogP contribution in [0, 0.1) is 6.92 Å². The van der Waals surface area contributed by atoms with Crippen LogP contribution in [0.25, 0.3) is 0 Å². The van der Waals surface area contributed by atoms with Crippen molar-refractivity contribution in [1.82, 2.24) is 9.55 Å². The Bertz CT molecular complexity index is 1450. The fourth-order valence-electron chi connectivity index (χ4n) is 5.39. The molecule has 0 bridgehead atoms. The molecule has 2 aliphatic heterocycles. The van der Waals surface area contributed by atoms with Gasteiger partial charge in [0.15, 0.2) is 11.8 Å². The van der Waals surface area contributed by atoms with E-state index in [2.05, 4.69) is 4.98 Å². The van der Waals surface area contributed by atoms with Gasteiger partial charge in [-0.15, -0.1) is 0 Å². The summed E-state index contributed by atoms with van der Waals surface area (Å²) < 4.78 is 43.7. The Kier molecular flexibility index (Phi) is 6.64. The largest absolute Gasteiger partial charge is 0.385 e. The number of hydrogen-bond acceptors (Lipinski definition) is 9. The van der Waals surface area contributed by atoms with E-state index in [1.165, 1.54) is 13.1 Å².